The van der Waals surface area contributed by atoms with E-state index >= 15 is 0 Å². The molecule has 0 aliphatic rings. The second-order valence-electron chi connectivity index (χ2n) is 3.24. The molecule has 0 aliphatic heterocycles. The minimum absolute atomic E-state index is 0.244. The molecule has 0 radical (unpaired) electrons. The van der Waals surface area contributed by atoms with Gasteiger partial charge in [0.25, 0.3) is 0 Å². The summed E-state index contributed by atoms with van der Waals surface area (Å²) >= 11 is 9.18. The molecule has 1 nitrogen and oxygen atoms in total. The Labute approximate surface area is 98.5 Å². The van der Waals surface area contributed by atoms with Crippen LogP contribution in [-0.4, -0.2) is 6.10 Å². The Morgan fingerprint density at radius 2 is 2.21 bits per heavy atom. The highest BCUT2D eigenvalue weighted by Crippen LogP contribution is 2.27. The molecule has 0 N–H and O–H groups in total. The van der Waals surface area contributed by atoms with Crippen LogP contribution in [0.1, 0.15) is 25.8 Å². The van der Waals surface area contributed by atoms with Gasteiger partial charge in [0.15, 0.2) is 0 Å². The number of alkyl halides is 1. The second kappa shape index (κ2) is 5.62. The summed E-state index contributed by atoms with van der Waals surface area (Å²) in [6.45, 7) is 4.16. The highest BCUT2D eigenvalue weighted by Gasteiger charge is 2.05. The van der Waals surface area contributed by atoms with E-state index < -0.39 is 0 Å². The van der Waals surface area contributed by atoms with Gasteiger partial charge in [0, 0.05) is 5.88 Å². The Bertz CT molecular complexity index is 301. The lowest BCUT2D eigenvalue weighted by Crippen LogP contribution is -2.09. The van der Waals surface area contributed by atoms with Crippen LogP contribution in [0.5, 0.6) is 5.75 Å². The summed E-state index contributed by atoms with van der Waals surface area (Å²) < 4.78 is 6.67. The van der Waals surface area contributed by atoms with Crippen molar-refractivity contribution in [3.05, 3.63) is 28.2 Å². The van der Waals surface area contributed by atoms with Gasteiger partial charge in [-0.15, -0.1) is 11.6 Å². The van der Waals surface area contributed by atoms with Crippen molar-refractivity contribution in [1.82, 2.24) is 0 Å². The third-order valence-corrected chi connectivity index (χ3v) is 2.98. The van der Waals surface area contributed by atoms with Crippen LogP contribution < -0.4 is 4.74 Å². The third kappa shape index (κ3) is 3.18. The van der Waals surface area contributed by atoms with E-state index in [4.69, 9.17) is 16.3 Å². The number of ether oxygens (including phenoxy) is 1. The number of rotatable bonds is 4. The molecule has 0 aliphatic carbocycles. The molecule has 1 unspecified atom stereocenters. The Balaban J connectivity index is 2.78. The van der Waals surface area contributed by atoms with Crippen LogP contribution in [0.15, 0.2) is 22.7 Å². The van der Waals surface area contributed by atoms with Crippen molar-refractivity contribution in [3.8, 4) is 5.75 Å². The van der Waals surface area contributed by atoms with Crippen LogP contribution in [0.25, 0.3) is 0 Å². The van der Waals surface area contributed by atoms with Crippen LogP contribution >= 0.6 is 27.5 Å². The van der Waals surface area contributed by atoms with E-state index in [0.717, 1.165) is 22.2 Å². The molecule has 14 heavy (non-hydrogen) atoms. The molecule has 1 aromatic rings. The van der Waals surface area contributed by atoms with Crippen molar-refractivity contribution in [2.45, 2.75) is 32.3 Å². The van der Waals surface area contributed by atoms with Gasteiger partial charge in [-0.3, -0.25) is 0 Å². The van der Waals surface area contributed by atoms with Crippen LogP contribution in [0, 0.1) is 0 Å². The van der Waals surface area contributed by atoms with Gasteiger partial charge in [0.05, 0.1) is 10.6 Å². The molecule has 1 aromatic carbocycles. The van der Waals surface area contributed by atoms with Crippen molar-refractivity contribution >= 4 is 27.5 Å². The number of hydrogen-bond donors (Lipinski definition) is 0. The first-order valence-electron chi connectivity index (χ1n) is 4.68. The average Bonchev–Trinajstić information content (AvgIpc) is 2.20. The molecule has 0 saturated carbocycles. The van der Waals surface area contributed by atoms with Crippen molar-refractivity contribution in [2.75, 3.05) is 0 Å². The van der Waals surface area contributed by atoms with Gasteiger partial charge >= 0.3 is 0 Å². The first-order chi connectivity index (χ1) is 6.67. The van der Waals surface area contributed by atoms with Gasteiger partial charge in [0.1, 0.15) is 5.75 Å². The van der Waals surface area contributed by atoms with Gasteiger partial charge in [-0.25, -0.2) is 0 Å². The lowest BCUT2D eigenvalue weighted by atomic mass is 10.2. The molecule has 0 amide bonds. The van der Waals surface area contributed by atoms with Crippen LogP contribution in [0.2, 0.25) is 0 Å². The highest BCUT2D eigenvalue weighted by molar-refractivity contribution is 9.10. The molecule has 0 bridgehead atoms. The van der Waals surface area contributed by atoms with Crippen LogP contribution in [0.3, 0.4) is 0 Å². The maximum atomic E-state index is 5.72. The first-order valence-corrected chi connectivity index (χ1v) is 6.01. The molecule has 1 rings (SSSR count). The van der Waals surface area contributed by atoms with E-state index in [-0.39, 0.29) is 6.10 Å². The summed E-state index contributed by atoms with van der Waals surface area (Å²) in [5.74, 6) is 1.41. The number of halogens is 2. The molecule has 0 saturated heterocycles. The molecule has 3 heteroatoms. The Hall–Kier alpha value is -0.210. The summed E-state index contributed by atoms with van der Waals surface area (Å²) in [4.78, 5) is 0. The van der Waals surface area contributed by atoms with E-state index in [1.54, 1.807) is 0 Å². The van der Waals surface area contributed by atoms with E-state index in [1.165, 1.54) is 0 Å². The standard InChI is InChI=1S/C11H14BrClO/c1-3-8(2)14-11-5-4-9(7-13)6-10(11)12/h4-6,8H,3,7H2,1-2H3. The molecule has 0 fully saturated rings. The fourth-order valence-electron chi connectivity index (χ4n) is 1.02. The zero-order chi connectivity index (χ0) is 10.6. The smallest absolute Gasteiger partial charge is 0.133 e. The molecule has 0 aromatic heterocycles. The fraction of sp³-hybridized carbons (Fsp3) is 0.455. The number of hydrogen-bond acceptors (Lipinski definition) is 1. The summed E-state index contributed by atoms with van der Waals surface area (Å²) in [6.07, 6.45) is 1.25. The largest absolute Gasteiger partial charge is 0.490 e. The lowest BCUT2D eigenvalue weighted by molar-refractivity contribution is 0.216. The van der Waals surface area contributed by atoms with Crippen molar-refractivity contribution in [1.29, 1.82) is 0 Å². The van der Waals surface area contributed by atoms with E-state index in [1.807, 2.05) is 18.2 Å². The molecular formula is C11H14BrClO. The Kier molecular flexibility index (Phi) is 4.76. The normalized spacial score (nSPS) is 12.6. The fourth-order valence-corrected chi connectivity index (χ4v) is 1.71. The van der Waals surface area contributed by atoms with E-state index in [9.17, 15) is 0 Å². The SMILES string of the molecule is CCC(C)Oc1ccc(CCl)cc1Br. The number of benzene rings is 1. The van der Waals surface area contributed by atoms with E-state index in [0.29, 0.717) is 5.88 Å². The average molecular weight is 278 g/mol. The van der Waals surface area contributed by atoms with Crippen LogP contribution in [0.4, 0.5) is 0 Å². The maximum Gasteiger partial charge on any atom is 0.133 e. The van der Waals surface area contributed by atoms with Gasteiger partial charge in [-0.1, -0.05) is 13.0 Å². The van der Waals surface area contributed by atoms with Crippen molar-refractivity contribution < 1.29 is 4.74 Å². The van der Waals surface area contributed by atoms with Gasteiger partial charge < -0.3 is 4.74 Å². The topological polar surface area (TPSA) is 9.23 Å². The molecular weight excluding hydrogens is 263 g/mol. The summed E-state index contributed by atoms with van der Waals surface area (Å²) in [5.41, 5.74) is 1.09. The highest BCUT2D eigenvalue weighted by atomic mass is 79.9. The van der Waals surface area contributed by atoms with Crippen LogP contribution in [-0.2, 0) is 5.88 Å². The quantitative estimate of drug-likeness (QED) is 0.743. The Morgan fingerprint density at radius 3 is 2.71 bits per heavy atom. The summed E-state index contributed by atoms with van der Waals surface area (Å²) in [5, 5.41) is 0. The predicted molar refractivity (Wildman–Crippen MR) is 64.1 cm³/mol. The minimum atomic E-state index is 0.244. The summed E-state index contributed by atoms with van der Waals surface area (Å²) in [6, 6.07) is 5.92. The van der Waals surface area contributed by atoms with Crippen molar-refractivity contribution in [2.24, 2.45) is 0 Å². The van der Waals surface area contributed by atoms with Gasteiger partial charge in [-0.2, -0.15) is 0 Å². The van der Waals surface area contributed by atoms with Gasteiger partial charge in [0.2, 0.25) is 0 Å². The predicted octanol–water partition coefficient (Wildman–Crippen LogP) is 4.37. The maximum absolute atomic E-state index is 5.72. The monoisotopic (exact) mass is 276 g/mol. The minimum Gasteiger partial charge on any atom is -0.490 e. The second-order valence-corrected chi connectivity index (χ2v) is 4.36. The zero-order valence-electron chi connectivity index (χ0n) is 8.39. The molecule has 1 atom stereocenters. The molecule has 0 spiro atoms. The van der Waals surface area contributed by atoms with Gasteiger partial charge in [-0.05, 0) is 47.0 Å². The summed E-state index contributed by atoms with van der Waals surface area (Å²) in [7, 11) is 0. The zero-order valence-corrected chi connectivity index (χ0v) is 10.7. The molecule has 0 heterocycles. The van der Waals surface area contributed by atoms with Crippen molar-refractivity contribution in [3.63, 3.8) is 0 Å². The van der Waals surface area contributed by atoms with E-state index in [2.05, 4.69) is 29.8 Å². The lowest BCUT2D eigenvalue weighted by Gasteiger charge is -2.14. The molecule has 78 valence electrons. The third-order valence-electron chi connectivity index (χ3n) is 2.05. The first kappa shape index (κ1) is 11.9. The Morgan fingerprint density at radius 1 is 1.50 bits per heavy atom.